The van der Waals surface area contributed by atoms with E-state index < -0.39 is 0 Å². The van der Waals surface area contributed by atoms with E-state index in [0.717, 1.165) is 5.92 Å². The molecule has 0 amide bonds. The second-order valence-electron chi connectivity index (χ2n) is 6.44. The van der Waals surface area contributed by atoms with Gasteiger partial charge in [0.1, 0.15) is 0 Å². The zero-order chi connectivity index (χ0) is 18.2. The largest absolute Gasteiger partial charge is 0.372 e. The van der Waals surface area contributed by atoms with Gasteiger partial charge in [0.05, 0.1) is 13.2 Å². The quantitative estimate of drug-likeness (QED) is 0.367. The van der Waals surface area contributed by atoms with Gasteiger partial charge in [-0.15, -0.1) is 0 Å². The van der Waals surface area contributed by atoms with Gasteiger partial charge in [0.25, 0.3) is 0 Å². The molecule has 2 radical (unpaired) electrons. The van der Waals surface area contributed by atoms with E-state index in [1.807, 2.05) is 36.4 Å². The standard InChI is InChI=1S/C14H14O.C8H17.CH3.Sn/c1-3-7-13(8-4-1)11-15-12-14-9-5-2-6-10-14;1-4-6-7-8(3)5-2;;/h1-10H,11-12H2;8H,3-7H2,1-2H3;1H3;. The van der Waals surface area contributed by atoms with Gasteiger partial charge >= 0.3 is 76.0 Å². The Morgan fingerprint density at radius 3 is 1.76 bits per heavy atom. The Morgan fingerprint density at radius 1 is 0.840 bits per heavy atom. The Kier molecular flexibility index (Phi) is 13.7. The topological polar surface area (TPSA) is 9.23 Å². The summed E-state index contributed by atoms with van der Waals surface area (Å²) in [6.45, 7) is 5.99. The van der Waals surface area contributed by atoms with Gasteiger partial charge in [-0.1, -0.05) is 60.7 Å². The second-order valence-corrected chi connectivity index (χ2v) is 9.62. The van der Waals surface area contributed by atoms with Gasteiger partial charge in [-0.25, -0.2) is 0 Å². The van der Waals surface area contributed by atoms with Crippen molar-refractivity contribution < 1.29 is 4.74 Å². The van der Waals surface area contributed by atoms with Crippen LogP contribution >= 0.6 is 0 Å². The minimum absolute atomic E-state index is 0.0956. The molecule has 0 bridgehead atoms. The molecule has 0 N–H and O–H groups in total. The number of hydrogen-bond donors (Lipinski definition) is 0. The van der Waals surface area contributed by atoms with Crippen LogP contribution < -0.4 is 0 Å². The van der Waals surface area contributed by atoms with Crippen LogP contribution in [0.3, 0.4) is 0 Å². The number of hydrogen-bond acceptors (Lipinski definition) is 1. The van der Waals surface area contributed by atoms with Gasteiger partial charge in [-0.05, 0) is 11.1 Å². The smallest absolute Gasteiger partial charge is 0.0721 e. The van der Waals surface area contributed by atoms with Crippen molar-refractivity contribution in [2.75, 3.05) is 0 Å². The minimum atomic E-state index is 0.0956. The third kappa shape index (κ3) is 11.4. The summed E-state index contributed by atoms with van der Waals surface area (Å²) < 4.78 is 7.22. The van der Waals surface area contributed by atoms with Gasteiger partial charge in [0.15, 0.2) is 0 Å². The molecular formula is C23H34OSn. The molecule has 2 heteroatoms. The average Bonchev–Trinajstić information content (AvgIpc) is 2.67. The Labute approximate surface area is 165 Å². The fraction of sp³-hybridized carbons (Fsp3) is 0.478. The average molecular weight is 445 g/mol. The zero-order valence-electron chi connectivity index (χ0n) is 16.2. The van der Waals surface area contributed by atoms with Gasteiger partial charge < -0.3 is 4.74 Å². The van der Waals surface area contributed by atoms with Crippen molar-refractivity contribution in [1.29, 1.82) is 0 Å². The first-order valence-corrected chi connectivity index (χ1v) is 14.5. The van der Waals surface area contributed by atoms with Crippen LogP contribution in [0, 0.1) is 5.92 Å². The molecule has 136 valence electrons. The van der Waals surface area contributed by atoms with Crippen LogP contribution in [0.4, 0.5) is 0 Å². The molecule has 1 nitrogen and oxygen atoms in total. The molecule has 2 aromatic rings. The zero-order valence-corrected chi connectivity index (χ0v) is 19.1. The molecule has 0 fully saturated rings. The molecule has 0 aliphatic heterocycles. The maximum Gasteiger partial charge on any atom is 0.0721 e. The van der Waals surface area contributed by atoms with Crippen LogP contribution in [0.1, 0.15) is 50.7 Å². The Balaban J connectivity index is 0.000000275. The molecular weight excluding hydrogens is 411 g/mol. The number of ether oxygens (including phenoxy) is 1. The molecule has 1 unspecified atom stereocenters. The fourth-order valence-corrected chi connectivity index (χ4v) is 5.72. The molecule has 2 aromatic carbocycles. The van der Waals surface area contributed by atoms with Crippen molar-refractivity contribution in [3.63, 3.8) is 0 Å². The monoisotopic (exact) mass is 446 g/mol. The first-order valence-electron chi connectivity index (χ1n) is 9.60. The first kappa shape index (κ1) is 22.2. The van der Waals surface area contributed by atoms with E-state index in [1.54, 1.807) is 4.44 Å². The predicted molar refractivity (Wildman–Crippen MR) is 111 cm³/mol. The predicted octanol–water partition coefficient (Wildman–Crippen LogP) is 6.78. The third-order valence-electron chi connectivity index (χ3n) is 4.26. The van der Waals surface area contributed by atoms with Crippen molar-refractivity contribution in [2.45, 2.75) is 62.1 Å². The van der Waals surface area contributed by atoms with Crippen molar-refractivity contribution in [3.05, 3.63) is 71.8 Å². The molecule has 0 aliphatic carbocycles. The van der Waals surface area contributed by atoms with Gasteiger partial charge in [0.2, 0.25) is 0 Å². The van der Waals surface area contributed by atoms with Crippen molar-refractivity contribution >= 4 is 21.1 Å². The molecule has 0 saturated heterocycles. The summed E-state index contributed by atoms with van der Waals surface area (Å²) in [7, 11) is 0. The van der Waals surface area contributed by atoms with E-state index in [-0.39, 0.29) is 21.1 Å². The fourth-order valence-electron chi connectivity index (χ4n) is 2.67. The number of benzene rings is 2. The summed E-state index contributed by atoms with van der Waals surface area (Å²) in [6.07, 6.45) is 5.76. The van der Waals surface area contributed by atoms with Crippen LogP contribution in [-0.4, -0.2) is 21.1 Å². The first-order chi connectivity index (χ1) is 12.3. The van der Waals surface area contributed by atoms with Crippen molar-refractivity contribution in [2.24, 2.45) is 5.92 Å². The number of unbranched alkanes of at least 4 members (excludes halogenated alkanes) is 1. The molecule has 0 heterocycles. The van der Waals surface area contributed by atoms with E-state index in [0.29, 0.717) is 13.2 Å². The normalized spacial score (nSPS) is 11.5. The van der Waals surface area contributed by atoms with E-state index in [2.05, 4.69) is 43.1 Å². The van der Waals surface area contributed by atoms with E-state index in [4.69, 9.17) is 4.74 Å². The molecule has 1 atom stereocenters. The Hall–Kier alpha value is -0.801. The summed E-state index contributed by atoms with van der Waals surface area (Å²) >= 11 is 0.0956. The Morgan fingerprint density at radius 2 is 1.36 bits per heavy atom. The summed E-state index contributed by atoms with van der Waals surface area (Å²) in [6, 6.07) is 20.4. The SMILES string of the molecule is CCCCC(CC)[CH2][Sn][CH3].c1ccc(COCc2ccccc2)cc1. The van der Waals surface area contributed by atoms with Crippen LogP contribution in [0.25, 0.3) is 0 Å². The minimum Gasteiger partial charge on any atom is -0.372 e. The van der Waals surface area contributed by atoms with Crippen LogP contribution in [-0.2, 0) is 18.0 Å². The molecule has 0 aromatic heterocycles. The van der Waals surface area contributed by atoms with E-state index in [1.165, 1.54) is 36.8 Å². The van der Waals surface area contributed by atoms with Crippen molar-refractivity contribution in [3.8, 4) is 0 Å². The molecule has 0 spiro atoms. The third-order valence-corrected chi connectivity index (χ3v) is 7.07. The van der Waals surface area contributed by atoms with Crippen LogP contribution in [0.5, 0.6) is 0 Å². The molecule has 2 rings (SSSR count). The Bertz CT molecular complexity index is 473. The molecule has 25 heavy (non-hydrogen) atoms. The van der Waals surface area contributed by atoms with E-state index >= 15 is 0 Å². The van der Waals surface area contributed by atoms with Crippen LogP contribution in [0.15, 0.2) is 60.7 Å². The maximum atomic E-state index is 5.61. The van der Waals surface area contributed by atoms with Gasteiger partial charge in [0, 0.05) is 0 Å². The number of rotatable bonds is 10. The second kappa shape index (κ2) is 15.5. The molecule has 0 saturated carbocycles. The van der Waals surface area contributed by atoms with Crippen LogP contribution in [0.2, 0.25) is 9.38 Å². The summed E-state index contributed by atoms with van der Waals surface area (Å²) in [4.78, 5) is 2.46. The maximum absolute atomic E-state index is 5.61. The van der Waals surface area contributed by atoms with E-state index in [9.17, 15) is 0 Å². The van der Waals surface area contributed by atoms with Gasteiger partial charge in [-0.3, -0.25) is 0 Å². The van der Waals surface area contributed by atoms with Crippen molar-refractivity contribution in [1.82, 2.24) is 0 Å². The summed E-state index contributed by atoms with van der Waals surface area (Å²) in [5.41, 5.74) is 2.43. The van der Waals surface area contributed by atoms with Gasteiger partial charge in [-0.2, -0.15) is 0 Å². The molecule has 0 aliphatic rings. The summed E-state index contributed by atoms with van der Waals surface area (Å²) in [5, 5.41) is 0. The summed E-state index contributed by atoms with van der Waals surface area (Å²) in [5.74, 6) is 1.09.